The van der Waals surface area contributed by atoms with Crippen LogP contribution in [0.15, 0.2) is 0 Å². The summed E-state index contributed by atoms with van der Waals surface area (Å²) in [6, 6.07) is 0. The maximum atomic E-state index is 11.0. The molecule has 0 aliphatic heterocycles. The second-order valence-corrected chi connectivity index (χ2v) is 2.76. The third kappa shape index (κ3) is 3.00. The Kier molecular flexibility index (Phi) is 3.84. The number of aryl methyl sites for hydroxylation is 1. The molecule has 0 unspecified atom stereocenters. The van der Waals surface area contributed by atoms with E-state index in [9.17, 15) is 4.79 Å². The van der Waals surface area contributed by atoms with Gasteiger partial charge in [0.2, 0.25) is 11.9 Å². The summed E-state index contributed by atoms with van der Waals surface area (Å²) in [5.41, 5.74) is 0. The van der Waals surface area contributed by atoms with E-state index in [1.165, 1.54) is 4.68 Å². The topological polar surface area (TPSA) is 84.7 Å². The number of hydrogen-bond donors (Lipinski definition) is 2. The van der Waals surface area contributed by atoms with Crippen LogP contribution in [0, 0.1) is 0 Å². The molecule has 1 aromatic rings. The van der Waals surface area contributed by atoms with Gasteiger partial charge in [0, 0.05) is 26.6 Å². The van der Waals surface area contributed by atoms with Crippen molar-refractivity contribution in [2.24, 2.45) is 7.05 Å². The predicted octanol–water partition coefficient (Wildman–Crippen LogP) is -0.852. The minimum Gasteiger partial charge on any atom is -0.356 e. The van der Waals surface area contributed by atoms with Gasteiger partial charge in [0.25, 0.3) is 0 Å². The Balaban J connectivity index is 2.22. The molecule has 0 aliphatic carbocycles. The fourth-order valence-corrected chi connectivity index (χ4v) is 0.953. The Bertz CT molecular complexity index is 296. The smallest absolute Gasteiger partial charge is 0.242 e. The Morgan fingerprint density at radius 3 is 2.93 bits per heavy atom. The molecule has 1 amide bonds. The fraction of sp³-hybridized carbons (Fsp3) is 0.714. The van der Waals surface area contributed by atoms with Crippen molar-refractivity contribution in [1.82, 2.24) is 25.5 Å². The summed E-state index contributed by atoms with van der Waals surface area (Å²) in [5.74, 6) is 0.587. The number of amides is 1. The van der Waals surface area contributed by atoms with Crippen LogP contribution in [-0.2, 0) is 11.8 Å². The normalized spacial score (nSPS) is 9.86. The number of anilines is 1. The van der Waals surface area contributed by atoms with Gasteiger partial charge in [-0.3, -0.25) is 4.79 Å². The zero-order valence-electron chi connectivity index (χ0n) is 8.32. The molecular weight excluding hydrogens is 184 g/mol. The van der Waals surface area contributed by atoms with Crippen LogP contribution in [0.2, 0.25) is 0 Å². The zero-order chi connectivity index (χ0) is 10.4. The van der Waals surface area contributed by atoms with Crippen LogP contribution in [0.4, 0.5) is 5.95 Å². The highest BCUT2D eigenvalue weighted by atomic mass is 16.1. The molecule has 1 rings (SSSR count). The van der Waals surface area contributed by atoms with Gasteiger partial charge in [-0.1, -0.05) is 5.10 Å². The standard InChI is InChI=1S/C7H14N6O/c1-3-8-6(14)4-5-9-7-10-11-12-13(7)2/h3-5H2,1-2H3,(H,8,14)(H,9,10,12). The van der Waals surface area contributed by atoms with Gasteiger partial charge in [-0.15, -0.1) is 0 Å². The SMILES string of the molecule is CCNC(=O)CCNc1nnnn1C. The van der Waals surface area contributed by atoms with Crippen LogP contribution in [-0.4, -0.2) is 39.2 Å². The highest BCUT2D eigenvalue weighted by Gasteiger charge is 2.02. The fourth-order valence-electron chi connectivity index (χ4n) is 0.953. The number of carbonyl (C=O) groups excluding carboxylic acids is 1. The van der Waals surface area contributed by atoms with E-state index in [1.54, 1.807) is 7.05 Å². The Morgan fingerprint density at radius 1 is 1.57 bits per heavy atom. The molecule has 0 radical (unpaired) electrons. The molecule has 0 aliphatic rings. The monoisotopic (exact) mass is 198 g/mol. The van der Waals surface area contributed by atoms with Gasteiger partial charge >= 0.3 is 0 Å². The summed E-state index contributed by atoms with van der Waals surface area (Å²) in [6.07, 6.45) is 0.417. The summed E-state index contributed by atoms with van der Waals surface area (Å²) in [4.78, 5) is 11.0. The predicted molar refractivity (Wildman–Crippen MR) is 50.6 cm³/mol. The Morgan fingerprint density at radius 2 is 2.36 bits per heavy atom. The van der Waals surface area contributed by atoms with Crippen molar-refractivity contribution in [3.05, 3.63) is 0 Å². The van der Waals surface area contributed by atoms with Crippen LogP contribution in [0.3, 0.4) is 0 Å². The highest BCUT2D eigenvalue weighted by molar-refractivity contribution is 5.76. The highest BCUT2D eigenvalue weighted by Crippen LogP contribution is 1.94. The third-order valence-electron chi connectivity index (χ3n) is 1.63. The van der Waals surface area contributed by atoms with Crippen molar-refractivity contribution >= 4 is 11.9 Å². The van der Waals surface area contributed by atoms with Crippen LogP contribution in [0.1, 0.15) is 13.3 Å². The number of hydrogen-bond acceptors (Lipinski definition) is 5. The van der Waals surface area contributed by atoms with Crippen LogP contribution >= 0.6 is 0 Å². The maximum absolute atomic E-state index is 11.0. The van der Waals surface area contributed by atoms with E-state index in [2.05, 4.69) is 26.2 Å². The number of rotatable bonds is 5. The van der Waals surface area contributed by atoms with Crippen molar-refractivity contribution in [3.8, 4) is 0 Å². The molecular formula is C7H14N6O. The van der Waals surface area contributed by atoms with Crippen molar-refractivity contribution in [3.63, 3.8) is 0 Å². The average molecular weight is 198 g/mol. The van der Waals surface area contributed by atoms with Gasteiger partial charge in [-0.25, -0.2) is 4.68 Å². The number of nitrogens with zero attached hydrogens (tertiary/aromatic N) is 4. The van der Waals surface area contributed by atoms with Crippen LogP contribution in [0.25, 0.3) is 0 Å². The molecule has 0 bridgehead atoms. The largest absolute Gasteiger partial charge is 0.356 e. The van der Waals surface area contributed by atoms with Gasteiger partial charge in [-0.2, -0.15) is 0 Å². The van der Waals surface area contributed by atoms with Gasteiger partial charge in [0.1, 0.15) is 0 Å². The first-order chi connectivity index (χ1) is 6.74. The summed E-state index contributed by atoms with van der Waals surface area (Å²) in [6.45, 7) is 3.07. The van der Waals surface area contributed by atoms with Crippen LogP contribution in [0.5, 0.6) is 0 Å². The van der Waals surface area contributed by atoms with Gasteiger partial charge in [0.15, 0.2) is 0 Å². The number of tetrazole rings is 1. The van der Waals surface area contributed by atoms with E-state index < -0.39 is 0 Å². The first kappa shape index (κ1) is 10.4. The maximum Gasteiger partial charge on any atom is 0.242 e. The van der Waals surface area contributed by atoms with E-state index in [-0.39, 0.29) is 5.91 Å². The minimum absolute atomic E-state index is 0.0233. The third-order valence-corrected chi connectivity index (χ3v) is 1.63. The summed E-state index contributed by atoms with van der Waals surface area (Å²) < 4.78 is 1.51. The zero-order valence-corrected chi connectivity index (χ0v) is 8.32. The quantitative estimate of drug-likeness (QED) is 0.643. The van der Waals surface area contributed by atoms with E-state index in [0.29, 0.717) is 25.5 Å². The van der Waals surface area contributed by atoms with E-state index >= 15 is 0 Å². The lowest BCUT2D eigenvalue weighted by atomic mass is 10.4. The van der Waals surface area contributed by atoms with E-state index in [0.717, 1.165) is 0 Å². The van der Waals surface area contributed by atoms with Crippen molar-refractivity contribution in [2.45, 2.75) is 13.3 Å². The lowest BCUT2D eigenvalue weighted by Gasteiger charge is -2.03. The number of aromatic nitrogens is 4. The molecule has 0 saturated heterocycles. The molecule has 14 heavy (non-hydrogen) atoms. The molecule has 0 saturated carbocycles. The van der Waals surface area contributed by atoms with Gasteiger partial charge in [-0.05, 0) is 17.4 Å². The molecule has 7 heteroatoms. The van der Waals surface area contributed by atoms with Crippen molar-refractivity contribution in [1.29, 1.82) is 0 Å². The molecule has 0 aromatic carbocycles. The molecule has 78 valence electrons. The first-order valence-electron chi connectivity index (χ1n) is 4.47. The van der Waals surface area contributed by atoms with E-state index in [4.69, 9.17) is 0 Å². The molecule has 0 fully saturated rings. The second-order valence-electron chi connectivity index (χ2n) is 2.76. The Labute approximate surface area is 81.9 Å². The van der Waals surface area contributed by atoms with Crippen molar-refractivity contribution < 1.29 is 4.79 Å². The van der Waals surface area contributed by atoms with Crippen molar-refractivity contribution in [2.75, 3.05) is 18.4 Å². The average Bonchev–Trinajstić information content (AvgIpc) is 2.52. The second kappa shape index (κ2) is 5.15. The molecule has 1 aromatic heterocycles. The van der Waals surface area contributed by atoms with E-state index in [1.807, 2.05) is 6.92 Å². The first-order valence-corrected chi connectivity index (χ1v) is 4.47. The van der Waals surface area contributed by atoms with Crippen LogP contribution < -0.4 is 10.6 Å². The van der Waals surface area contributed by atoms with Gasteiger partial charge in [0.05, 0.1) is 0 Å². The number of nitrogens with one attached hydrogen (secondary N) is 2. The Hall–Kier alpha value is -1.66. The summed E-state index contributed by atoms with van der Waals surface area (Å²) >= 11 is 0. The molecule has 0 atom stereocenters. The summed E-state index contributed by atoms with van der Waals surface area (Å²) in [7, 11) is 1.73. The summed E-state index contributed by atoms with van der Waals surface area (Å²) in [5, 5.41) is 16.5. The molecule has 2 N–H and O–H groups in total. The van der Waals surface area contributed by atoms with Gasteiger partial charge < -0.3 is 10.6 Å². The molecule has 0 spiro atoms. The lowest BCUT2D eigenvalue weighted by molar-refractivity contribution is -0.120. The lowest BCUT2D eigenvalue weighted by Crippen LogP contribution is -2.25. The minimum atomic E-state index is 0.0233. The number of carbonyl (C=O) groups is 1. The molecule has 1 heterocycles. The molecule has 7 nitrogen and oxygen atoms in total.